The number of nitrogens with one attached hydrogen (secondary N) is 2. The summed E-state index contributed by atoms with van der Waals surface area (Å²) in [7, 11) is -3.57. The largest absolute Gasteiger partial charge is 0.316 e. The minimum atomic E-state index is -3.57. The predicted octanol–water partition coefficient (Wildman–Crippen LogP) is 2.66. The Hall–Kier alpha value is -0.330. The van der Waals surface area contributed by atoms with Gasteiger partial charge in [0, 0.05) is 6.04 Å². The molecule has 0 radical (unpaired) electrons. The molecule has 2 unspecified atom stereocenters. The van der Waals surface area contributed by atoms with Crippen LogP contribution in [0.25, 0.3) is 0 Å². The van der Waals surface area contributed by atoms with Gasteiger partial charge in [-0.25, -0.2) is 13.1 Å². The molecule has 1 aromatic rings. The van der Waals surface area contributed by atoms with Gasteiger partial charge in [-0.3, -0.25) is 0 Å². The zero-order valence-corrected chi connectivity index (χ0v) is 13.5. The van der Waals surface area contributed by atoms with Gasteiger partial charge in [0.15, 0.2) is 0 Å². The average Bonchev–Trinajstić information content (AvgIpc) is 2.42. The first-order chi connectivity index (χ1) is 9.40. The molecule has 2 N–H and O–H groups in total. The second-order valence-corrected chi connectivity index (χ2v) is 7.62. The summed E-state index contributed by atoms with van der Waals surface area (Å²) in [4.78, 5) is 0.141. The maximum absolute atomic E-state index is 12.3. The van der Waals surface area contributed by atoms with Gasteiger partial charge in [0.2, 0.25) is 10.0 Å². The van der Waals surface area contributed by atoms with Crippen molar-refractivity contribution in [2.24, 2.45) is 5.92 Å². The summed E-state index contributed by atoms with van der Waals surface area (Å²) in [6.45, 7) is 3.74. The molecule has 20 heavy (non-hydrogen) atoms. The van der Waals surface area contributed by atoms with Crippen LogP contribution in [-0.4, -0.2) is 27.5 Å². The van der Waals surface area contributed by atoms with Gasteiger partial charge >= 0.3 is 0 Å². The number of halogens is 2. The van der Waals surface area contributed by atoms with E-state index in [9.17, 15) is 8.42 Å². The molecule has 112 valence electrons. The smallest absolute Gasteiger partial charge is 0.240 e. The number of sulfonamides is 1. The molecule has 1 aliphatic rings. The third-order valence-electron chi connectivity index (χ3n) is 3.58. The Kier molecular flexibility index (Phi) is 5.31. The van der Waals surface area contributed by atoms with Crippen LogP contribution in [0.2, 0.25) is 10.0 Å². The van der Waals surface area contributed by atoms with E-state index in [-0.39, 0.29) is 16.0 Å². The van der Waals surface area contributed by atoms with E-state index in [1.54, 1.807) is 0 Å². The van der Waals surface area contributed by atoms with Gasteiger partial charge in [-0.1, -0.05) is 23.2 Å². The van der Waals surface area contributed by atoms with Crippen molar-refractivity contribution in [2.45, 2.75) is 30.7 Å². The quantitative estimate of drug-likeness (QED) is 0.888. The minimum absolute atomic E-state index is 0.123. The Morgan fingerprint density at radius 1 is 1.35 bits per heavy atom. The van der Waals surface area contributed by atoms with Crippen molar-refractivity contribution in [3.8, 4) is 0 Å². The zero-order chi connectivity index (χ0) is 14.8. The SMILES string of the molecule is CC(NS(=O)(=O)c1ccc(Cl)c(Cl)c1)C1CCCNC1. The summed E-state index contributed by atoms with van der Waals surface area (Å²) in [5.41, 5.74) is 0. The number of hydrogen-bond acceptors (Lipinski definition) is 3. The van der Waals surface area contributed by atoms with E-state index in [1.807, 2.05) is 6.92 Å². The molecule has 4 nitrogen and oxygen atoms in total. The Morgan fingerprint density at radius 2 is 2.10 bits per heavy atom. The molecule has 0 aliphatic carbocycles. The van der Waals surface area contributed by atoms with Crippen LogP contribution in [0.15, 0.2) is 23.1 Å². The van der Waals surface area contributed by atoms with Crippen molar-refractivity contribution < 1.29 is 8.42 Å². The number of rotatable bonds is 4. The average molecular weight is 337 g/mol. The topological polar surface area (TPSA) is 58.2 Å². The molecule has 2 atom stereocenters. The van der Waals surface area contributed by atoms with Gasteiger partial charge < -0.3 is 5.32 Å². The number of hydrogen-bond donors (Lipinski definition) is 2. The van der Waals surface area contributed by atoms with Gasteiger partial charge in [0.05, 0.1) is 14.9 Å². The number of benzene rings is 1. The monoisotopic (exact) mass is 336 g/mol. The van der Waals surface area contributed by atoms with E-state index in [1.165, 1.54) is 18.2 Å². The fraction of sp³-hybridized carbons (Fsp3) is 0.538. The summed E-state index contributed by atoms with van der Waals surface area (Å²) >= 11 is 11.7. The third-order valence-corrected chi connectivity index (χ3v) is 5.88. The van der Waals surface area contributed by atoms with Gasteiger partial charge in [-0.2, -0.15) is 0 Å². The fourth-order valence-corrected chi connectivity index (χ4v) is 4.06. The standard InChI is InChI=1S/C13H18Cl2N2O2S/c1-9(10-3-2-6-16-8-10)17-20(18,19)11-4-5-12(14)13(15)7-11/h4-5,7,9-10,16-17H,2-3,6,8H2,1H3. The highest BCUT2D eigenvalue weighted by molar-refractivity contribution is 7.89. The predicted molar refractivity (Wildman–Crippen MR) is 81.8 cm³/mol. The summed E-state index contributed by atoms with van der Waals surface area (Å²) in [5, 5.41) is 3.86. The van der Waals surface area contributed by atoms with Crippen LogP contribution < -0.4 is 10.0 Å². The Labute approximate surface area is 129 Å². The highest BCUT2D eigenvalue weighted by Crippen LogP contribution is 2.25. The Balaban J connectivity index is 2.11. The van der Waals surface area contributed by atoms with Crippen LogP contribution >= 0.6 is 23.2 Å². The molecule has 0 aromatic heterocycles. The highest BCUT2D eigenvalue weighted by atomic mass is 35.5. The molecule has 0 bridgehead atoms. The van der Waals surface area contributed by atoms with Crippen LogP contribution in [0.3, 0.4) is 0 Å². The first-order valence-electron chi connectivity index (χ1n) is 6.58. The first-order valence-corrected chi connectivity index (χ1v) is 8.82. The first kappa shape index (κ1) is 16.0. The van der Waals surface area contributed by atoms with Crippen molar-refractivity contribution in [3.05, 3.63) is 28.2 Å². The maximum Gasteiger partial charge on any atom is 0.240 e. The number of piperidine rings is 1. The van der Waals surface area contributed by atoms with E-state index in [4.69, 9.17) is 23.2 Å². The molecule has 0 saturated carbocycles. The molecule has 0 amide bonds. The van der Waals surface area contributed by atoms with Gasteiger partial charge in [-0.05, 0) is 57.0 Å². The lowest BCUT2D eigenvalue weighted by atomic mass is 9.94. The Morgan fingerprint density at radius 3 is 2.70 bits per heavy atom. The molecule has 1 aromatic carbocycles. The molecule has 1 fully saturated rings. The highest BCUT2D eigenvalue weighted by Gasteiger charge is 2.25. The zero-order valence-electron chi connectivity index (χ0n) is 11.2. The lowest BCUT2D eigenvalue weighted by Gasteiger charge is -2.28. The maximum atomic E-state index is 12.3. The molecule has 1 saturated heterocycles. The van der Waals surface area contributed by atoms with E-state index >= 15 is 0 Å². The van der Waals surface area contributed by atoms with Crippen LogP contribution in [0.1, 0.15) is 19.8 Å². The fourth-order valence-electron chi connectivity index (χ4n) is 2.36. The molecule has 0 spiro atoms. The molecular weight excluding hydrogens is 319 g/mol. The van der Waals surface area contributed by atoms with Crippen LogP contribution in [0, 0.1) is 5.92 Å². The minimum Gasteiger partial charge on any atom is -0.316 e. The molecular formula is C13H18Cl2N2O2S. The van der Waals surface area contributed by atoms with E-state index in [0.717, 1.165) is 25.9 Å². The van der Waals surface area contributed by atoms with E-state index in [0.29, 0.717) is 10.9 Å². The molecule has 1 heterocycles. The van der Waals surface area contributed by atoms with Crippen LogP contribution in [0.4, 0.5) is 0 Å². The third kappa shape index (κ3) is 3.86. The van der Waals surface area contributed by atoms with E-state index in [2.05, 4.69) is 10.0 Å². The second-order valence-electron chi connectivity index (χ2n) is 5.09. The van der Waals surface area contributed by atoms with E-state index < -0.39 is 10.0 Å². The van der Waals surface area contributed by atoms with Crippen molar-refractivity contribution >= 4 is 33.2 Å². The summed E-state index contributed by atoms with van der Waals surface area (Å²) in [6.07, 6.45) is 2.10. The lowest BCUT2D eigenvalue weighted by molar-refractivity contribution is 0.320. The van der Waals surface area contributed by atoms with Crippen LogP contribution in [-0.2, 0) is 10.0 Å². The van der Waals surface area contributed by atoms with Gasteiger partial charge in [-0.15, -0.1) is 0 Å². The van der Waals surface area contributed by atoms with Crippen molar-refractivity contribution in [3.63, 3.8) is 0 Å². The van der Waals surface area contributed by atoms with Gasteiger partial charge in [0.25, 0.3) is 0 Å². The summed E-state index contributed by atoms with van der Waals surface area (Å²) in [6, 6.07) is 4.20. The van der Waals surface area contributed by atoms with Crippen molar-refractivity contribution in [1.82, 2.24) is 10.0 Å². The Bertz CT molecular complexity index is 572. The van der Waals surface area contributed by atoms with Crippen molar-refractivity contribution in [2.75, 3.05) is 13.1 Å². The molecule has 7 heteroatoms. The lowest BCUT2D eigenvalue weighted by Crippen LogP contribution is -2.44. The second kappa shape index (κ2) is 6.62. The van der Waals surface area contributed by atoms with Crippen LogP contribution in [0.5, 0.6) is 0 Å². The summed E-state index contributed by atoms with van der Waals surface area (Å²) < 4.78 is 27.4. The van der Waals surface area contributed by atoms with Crippen molar-refractivity contribution in [1.29, 1.82) is 0 Å². The summed E-state index contributed by atoms with van der Waals surface area (Å²) in [5.74, 6) is 0.307. The molecule has 1 aliphatic heterocycles. The molecule has 2 rings (SSSR count). The normalized spacial score (nSPS) is 21.6. The van der Waals surface area contributed by atoms with Gasteiger partial charge in [0.1, 0.15) is 0 Å².